The van der Waals surface area contributed by atoms with Gasteiger partial charge >= 0.3 is 0 Å². The first kappa shape index (κ1) is 20.7. The monoisotopic (exact) mass is 422 g/mol. The molecule has 0 saturated carbocycles. The molecule has 1 unspecified atom stereocenters. The minimum atomic E-state index is 0.390. The van der Waals surface area contributed by atoms with Crippen molar-refractivity contribution in [2.24, 2.45) is 10.9 Å². The number of nitrogens with zero attached hydrogens (tertiary/aromatic N) is 4. The minimum Gasteiger partial charge on any atom is -0.476 e. The first-order chi connectivity index (χ1) is 15.3. The first-order valence-corrected chi connectivity index (χ1v) is 12.0. The van der Waals surface area contributed by atoms with Crippen molar-refractivity contribution in [2.45, 2.75) is 58.5 Å². The van der Waals surface area contributed by atoms with Crippen molar-refractivity contribution in [1.82, 2.24) is 14.7 Å². The standard InChI is InChI=1S/C25H34N4O2/c1-3-18-17-31-25(19-11-13-28(14-12-19)16-20-8-7-15-30-20)26-24(18)29-23-10-6-5-9-21(23)22(4-2)27-29/h5-6,9-10,19-20H,3-4,7-8,11-17H2,1-2H3. The van der Waals surface area contributed by atoms with Crippen LogP contribution in [0.15, 0.2) is 34.8 Å². The zero-order valence-electron chi connectivity index (χ0n) is 18.8. The van der Waals surface area contributed by atoms with Crippen LogP contribution in [0.25, 0.3) is 16.7 Å². The average Bonchev–Trinajstić information content (AvgIpc) is 3.47. The van der Waals surface area contributed by atoms with Gasteiger partial charge in [-0.05, 0) is 57.7 Å². The topological polar surface area (TPSA) is 51.9 Å². The fourth-order valence-corrected chi connectivity index (χ4v) is 5.10. The van der Waals surface area contributed by atoms with Gasteiger partial charge in [0.25, 0.3) is 0 Å². The van der Waals surface area contributed by atoms with Crippen LogP contribution in [0, 0.1) is 5.92 Å². The van der Waals surface area contributed by atoms with Gasteiger partial charge in [-0.15, -0.1) is 0 Å². The molecule has 0 bridgehead atoms. The van der Waals surface area contributed by atoms with E-state index >= 15 is 0 Å². The van der Waals surface area contributed by atoms with Crippen LogP contribution < -0.4 is 0 Å². The molecule has 6 heteroatoms. The lowest BCUT2D eigenvalue weighted by Gasteiger charge is -2.34. The lowest BCUT2D eigenvalue weighted by atomic mass is 9.95. The summed E-state index contributed by atoms with van der Waals surface area (Å²) in [7, 11) is 0. The first-order valence-electron chi connectivity index (χ1n) is 12.0. The zero-order valence-corrected chi connectivity index (χ0v) is 18.8. The van der Waals surface area contributed by atoms with E-state index in [-0.39, 0.29) is 0 Å². The van der Waals surface area contributed by atoms with E-state index in [1.165, 1.54) is 23.8 Å². The molecule has 1 atom stereocenters. The highest BCUT2D eigenvalue weighted by molar-refractivity contribution is 5.89. The van der Waals surface area contributed by atoms with E-state index in [4.69, 9.17) is 19.6 Å². The summed E-state index contributed by atoms with van der Waals surface area (Å²) in [5, 5.41) is 6.17. The van der Waals surface area contributed by atoms with Crippen molar-refractivity contribution in [2.75, 3.05) is 32.8 Å². The van der Waals surface area contributed by atoms with Crippen molar-refractivity contribution in [1.29, 1.82) is 0 Å². The molecule has 166 valence electrons. The smallest absolute Gasteiger partial charge is 0.193 e. The molecule has 1 aromatic carbocycles. The van der Waals surface area contributed by atoms with Crippen molar-refractivity contribution < 1.29 is 9.47 Å². The predicted octanol–water partition coefficient (Wildman–Crippen LogP) is 4.50. The summed E-state index contributed by atoms with van der Waals surface area (Å²) >= 11 is 0. The molecular formula is C25H34N4O2. The number of aliphatic imine (C=N–C) groups is 1. The molecule has 0 aliphatic carbocycles. The molecule has 3 aliphatic heterocycles. The van der Waals surface area contributed by atoms with Gasteiger partial charge in [-0.3, -0.25) is 0 Å². The van der Waals surface area contributed by atoms with Crippen LogP contribution in [0.5, 0.6) is 0 Å². The van der Waals surface area contributed by atoms with E-state index in [0.29, 0.717) is 18.6 Å². The van der Waals surface area contributed by atoms with Crippen LogP contribution in [0.2, 0.25) is 0 Å². The van der Waals surface area contributed by atoms with Gasteiger partial charge in [0, 0.05) is 30.0 Å². The van der Waals surface area contributed by atoms with Crippen molar-refractivity contribution in [3.8, 4) is 0 Å². The van der Waals surface area contributed by atoms with Crippen molar-refractivity contribution in [3.63, 3.8) is 0 Å². The van der Waals surface area contributed by atoms with Gasteiger partial charge in [-0.1, -0.05) is 32.0 Å². The molecule has 31 heavy (non-hydrogen) atoms. The van der Waals surface area contributed by atoms with E-state index < -0.39 is 0 Å². The van der Waals surface area contributed by atoms with Gasteiger partial charge in [0.2, 0.25) is 0 Å². The van der Waals surface area contributed by atoms with Gasteiger partial charge in [-0.25, -0.2) is 4.68 Å². The third-order valence-electron chi connectivity index (χ3n) is 6.98. The maximum absolute atomic E-state index is 6.19. The third kappa shape index (κ3) is 4.15. The largest absolute Gasteiger partial charge is 0.476 e. The van der Waals surface area contributed by atoms with Crippen LogP contribution >= 0.6 is 0 Å². The Balaban J connectivity index is 1.37. The maximum Gasteiger partial charge on any atom is 0.193 e. The van der Waals surface area contributed by atoms with Crippen molar-refractivity contribution in [3.05, 3.63) is 35.5 Å². The Morgan fingerprint density at radius 3 is 2.65 bits per heavy atom. The highest BCUT2D eigenvalue weighted by Crippen LogP contribution is 2.30. The van der Waals surface area contributed by atoms with Crippen LogP contribution in [0.4, 0.5) is 0 Å². The highest BCUT2D eigenvalue weighted by Gasteiger charge is 2.30. The van der Waals surface area contributed by atoms with Gasteiger partial charge in [-0.2, -0.15) is 10.1 Å². The summed E-state index contributed by atoms with van der Waals surface area (Å²) in [6.45, 7) is 9.16. The molecule has 5 rings (SSSR count). The summed E-state index contributed by atoms with van der Waals surface area (Å²) in [6.07, 6.45) is 6.88. The van der Waals surface area contributed by atoms with Crippen LogP contribution in [-0.2, 0) is 15.9 Å². The fourth-order valence-electron chi connectivity index (χ4n) is 5.10. The lowest BCUT2D eigenvalue weighted by molar-refractivity contribution is 0.0624. The van der Waals surface area contributed by atoms with E-state index in [9.17, 15) is 0 Å². The molecule has 2 aromatic rings. The van der Waals surface area contributed by atoms with Gasteiger partial charge in [0.05, 0.1) is 17.3 Å². The fraction of sp³-hybridized carbons (Fsp3) is 0.600. The molecule has 0 N–H and O–H groups in total. The third-order valence-corrected chi connectivity index (χ3v) is 6.98. The Bertz CT molecular complexity index is 979. The Kier molecular flexibility index (Phi) is 6.10. The molecule has 2 saturated heterocycles. The molecule has 1 aromatic heterocycles. The molecular weight excluding hydrogens is 388 g/mol. The number of rotatable bonds is 6. The van der Waals surface area contributed by atoms with E-state index in [1.54, 1.807) is 0 Å². The molecule has 0 amide bonds. The number of benzene rings is 1. The molecule has 2 fully saturated rings. The number of aryl methyl sites for hydroxylation is 1. The molecule has 3 aliphatic rings. The number of ether oxygens (including phenoxy) is 2. The minimum absolute atomic E-state index is 0.390. The summed E-state index contributed by atoms with van der Waals surface area (Å²) in [4.78, 5) is 7.64. The quantitative estimate of drug-likeness (QED) is 0.688. The Hall–Kier alpha value is -2.18. The summed E-state index contributed by atoms with van der Waals surface area (Å²) in [5.74, 6) is 2.27. The van der Waals surface area contributed by atoms with Gasteiger partial charge in [0.15, 0.2) is 11.7 Å². The summed E-state index contributed by atoms with van der Waals surface area (Å²) in [5.41, 5.74) is 3.48. The number of hydrogen-bond acceptors (Lipinski definition) is 5. The van der Waals surface area contributed by atoms with E-state index in [0.717, 1.165) is 74.9 Å². The normalized spacial score (nSPS) is 23.4. The second kappa shape index (κ2) is 9.13. The summed E-state index contributed by atoms with van der Waals surface area (Å²) < 4.78 is 14.1. The Morgan fingerprint density at radius 2 is 1.90 bits per heavy atom. The molecule has 4 heterocycles. The number of piperidine rings is 1. The SMILES string of the molecule is CCC1=C(n2nc(CC)c3ccccc32)N=C(C2CCN(CC3CCCO3)CC2)OC1. The van der Waals surface area contributed by atoms with E-state index in [2.05, 4.69) is 47.7 Å². The second-order valence-electron chi connectivity index (χ2n) is 8.96. The van der Waals surface area contributed by atoms with Gasteiger partial charge < -0.3 is 14.4 Å². The van der Waals surface area contributed by atoms with Crippen LogP contribution in [0.1, 0.15) is 51.6 Å². The number of fused-ring (bicyclic) bond motifs is 1. The van der Waals surface area contributed by atoms with Gasteiger partial charge in [0.1, 0.15) is 6.61 Å². The Morgan fingerprint density at radius 1 is 1.06 bits per heavy atom. The highest BCUT2D eigenvalue weighted by atomic mass is 16.5. The average molecular weight is 423 g/mol. The number of hydrogen-bond donors (Lipinski definition) is 0. The van der Waals surface area contributed by atoms with Crippen LogP contribution in [0.3, 0.4) is 0 Å². The molecule has 0 radical (unpaired) electrons. The molecule has 6 nitrogen and oxygen atoms in total. The number of aromatic nitrogens is 2. The lowest BCUT2D eigenvalue weighted by Crippen LogP contribution is -2.41. The predicted molar refractivity (Wildman–Crippen MR) is 124 cm³/mol. The Labute approximate surface area is 184 Å². The number of para-hydroxylation sites is 1. The molecule has 0 spiro atoms. The summed E-state index contributed by atoms with van der Waals surface area (Å²) in [6, 6.07) is 8.49. The van der Waals surface area contributed by atoms with Crippen LogP contribution in [-0.4, -0.2) is 59.5 Å². The maximum atomic E-state index is 6.19. The zero-order chi connectivity index (χ0) is 21.2. The van der Waals surface area contributed by atoms with E-state index in [1.807, 2.05) is 0 Å². The van der Waals surface area contributed by atoms with Crippen molar-refractivity contribution >= 4 is 22.6 Å². The number of likely N-dealkylation sites (tertiary alicyclic amines) is 1. The second-order valence-corrected chi connectivity index (χ2v) is 8.96.